The Morgan fingerprint density at radius 1 is 1.05 bits per heavy atom. The van der Waals surface area contributed by atoms with Crippen LogP contribution in [-0.2, 0) is 32.4 Å². The highest BCUT2D eigenvalue weighted by molar-refractivity contribution is 6.64. The zero-order valence-corrected chi connectivity index (χ0v) is 12.8. The summed E-state index contributed by atoms with van der Waals surface area (Å²) in [6.07, 6.45) is 0. The van der Waals surface area contributed by atoms with Gasteiger partial charge in [-0.3, -0.25) is 19.3 Å². The maximum Gasteiger partial charge on any atom is 0.701 e. The van der Waals surface area contributed by atoms with E-state index in [1.165, 1.54) is 6.55 Å². The van der Waals surface area contributed by atoms with Crippen molar-refractivity contribution in [3.05, 3.63) is 0 Å². The van der Waals surface area contributed by atoms with Gasteiger partial charge in [0.25, 0.3) is 11.9 Å². The number of rotatable bonds is 5. The number of ether oxygens (including phenoxy) is 1. The highest BCUT2D eigenvalue weighted by Crippen LogP contribution is 2.11. The van der Waals surface area contributed by atoms with E-state index in [2.05, 4.69) is 0 Å². The average Bonchev–Trinajstić information content (AvgIpc) is 2.26. The number of carbonyl (C=O) groups is 3. The first-order chi connectivity index (χ1) is 9.31. The van der Waals surface area contributed by atoms with Gasteiger partial charge in [-0.15, -0.1) is 0 Å². The van der Waals surface area contributed by atoms with Gasteiger partial charge in [-0.1, -0.05) is 0 Å². The highest BCUT2D eigenvalue weighted by atomic mass is 28.4. The normalized spacial score (nSPS) is 16.4. The van der Waals surface area contributed by atoms with Gasteiger partial charge in [-0.25, -0.2) is 0 Å². The van der Waals surface area contributed by atoms with Crippen LogP contribution in [0.3, 0.4) is 0 Å². The Balaban J connectivity index is 2.56. The fourth-order valence-corrected chi connectivity index (χ4v) is 3.41. The minimum Gasteiger partial charge on any atom is -0.455 e. The van der Waals surface area contributed by atoms with Crippen LogP contribution in [0.4, 0.5) is 0 Å². The first-order valence-electron chi connectivity index (χ1n) is 6.22. The molecule has 0 aromatic heterocycles. The lowest BCUT2D eigenvalue weighted by Gasteiger charge is -2.28. The molecule has 1 aliphatic rings. The van der Waals surface area contributed by atoms with E-state index in [4.69, 9.17) is 18.0 Å². The summed E-state index contributed by atoms with van der Waals surface area (Å²) < 4.78 is 20.0. The molecule has 20 heavy (non-hydrogen) atoms. The Morgan fingerprint density at radius 2 is 1.55 bits per heavy atom. The Labute approximate surface area is 118 Å². The molecule has 1 rings (SSSR count). The van der Waals surface area contributed by atoms with Gasteiger partial charge >= 0.3 is 14.8 Å². The predicted octanol–water partition coefficient (Wildman–Crippen LogP) is -0.443. The molecule has 0 aromatic rings. The van der Waals surface area contributed by atoms with E-state index in [0.29, 0.717) is 26.3 Å². The summed E-state index contributed by atoms with van der Waals surface area (Å²) in [6, 6.07) is 0. The smallest absolute Gasteiger partial charge is 0.455 e. The molecule has 8 nitrogen and oxygen atoms in total. The third kappa shape index (κ3) is 6.13. The van der Waals surface area contributed by atoms with Crippen molar-refractivity contribution >= 4 is 26.7 Å². The van der Waals surface area contributed by atoms with Crippen molar-refractivity contribution < 1.29 is 32.4 Å². The number of hydrogen-bond acceptors (Lipinski definition) is 8. The van der Waals surface area contributed by atoms with Gasteiger partial charge < -0.3 is 18.0 Å². The minimum atomic E-state index is -3.63. The standard InChI is InChI=1S/C11H19NO7Si/c1-9(13)17-20(3,18-10(2)14)19-11(15)8-12-4-6-16-7-5-12/h4-8H2,1-3H3. The van der Waals surface area contributed by atoms with Crippen molar-refractivity contribution in [3.63, 3.8) is 0 Å². The molecular formula is C11H19NO7Si. The summed E-state index contributed by atoms with van der Waals surface area (Å²) in [5.74, 6) is -1.93. The third-order valence-corrected chi connectivity index (χ3v) is 4.33. The molecule has 0 aliphatic carbocycles. The first kappa shape index (κ1) is 16.6. The SMILES string of the molecule is CC(=O)O[Si](C)(OC(C)=O)OC(=O)CN1CCOCC1. The number of morpholine rings is 1. The molecule has 1 heterocycles. The van der Waals surface area contributed by atoms with Crippen LogP contribution in [0.5, 0.6) is 0 Å². The van der Waals surface area contributed by atoms with Gasteiger partial charge in [0.15, 0.2) is 0 Å². The topological polar surface area (TPSA) is 91.4 Å². The molecule has 0 unspecified atom stereocenters. The fraction of sp³-hybridized carbons (Fsp3) is 0.727. The van der Waals surface area contributed by atoms with Crippen molar-refractivity contribution in [1.29, 1.82) is 0 Å². The fourth-order valence-electron chi connectivity index (χ4n) is 1.77. The number of hydrogen-bond donors (Lipinski definition) is 0. The lowest BCUT2D eigenvalue weighted by molar-refractivity contribution is -0.149. The molecule has 0 bridgehead atoms. The molecule has 114 valence electrons. The zero-order valence-electron chi connectivity index (χ0n) is 11.8. The van der Waals surface area contributed by atoms with Gasteiger partial charge in [-0.05, 0) is 0 Å². The Bertz CT molecular complexity index is 365. The summed E-state index contributed by atoms with van der Waals surface area (Å²) in [5, 5.41) is 0. The lowest BCUT2D eigenvalue weighted by Crippen LogP contribution is -2.49. The number of nitrogens with zero attached hydrogens (tertiary/aromatic N) is 1. The third-order valence-electron chi connectivity index (χ3n) is 2.41. The van der Waals surface area contributed by atoms with Gasteiger partial charge in [0.1, 0.15) is 0 Å². The summed E-state index contributed by atoms with van der Waals surface area (Å²) >= 11 is 0. The molecule has 9 heteroatoms. The second kappa shape index (κ2) is 7.36. The van der Waals surface area contributed by atoms with Crippen molar-refractivity contribution in [2.24, 2.45) is 0 Å². The van der Waals surface area contributed by atoms with E-state index in [1.807, 2.05) is 4.90 Å². The van der Waals surface area contributed by atoms with E-state index in [1.54, 1.807) is 0 Å². The average molecular weight is 305 g/mol. The molecular weight excluding hydrogens is 286 g/mol. The van der Waals surface area contributed by atoms with Gasteiger partial charge in [-0.2, -0.15) is 0 Å². The largest absolute Gasteiger partial charge is 0.701 e. The highest BCUT2D eigenvalue weighted by Gasteiger charge is 2.46. The van der Waals surface area contributed by atoms with E-state index in [0.717, 1.165) is 13.8 Å². The Hall–Kier alpha value is -1.45. The van der Waals surface area contributed by atoms with Crippen molar-refractivity contribution in [2.45, 2.75) is 20.4 Å². The summed E-state index contributed by atoms with van der Waals surface area (Å²) in [6.45, 7) is 6.02. The van der Waals surface area contributed by atoms with Crippen LogP contribution in [0, 0.1) is 0 Å². The second-order valence-electron chi connectivity index (χ2n) is 4.41. The Morgan fingerprint density at radius 3 is 2.00 bits per heavy atom. The first-order valence-corrected chi connectivity index (χ1v) is 8.44. The summed E-state index contributed by atoms with van der Waals surface area (Å²) in [4.78, 5) is 35.7. The van der Waals surface area contributed by atoms with Gasteiger partial charge in [0, 0.05) is 33.5 Å². The van der Waals surface area contributed by atoms with Crippen LogP contribution < -0.4 is 0 Å². The van der Waals surface area contributed by atoms with E-state index >= 15 is 0 Å². The molecule has 0 amide bonds. The van der Waals surface area contributed by atoms with Crippen LogP contribution in [0.15, 0.2) is 0 Å². The van der Waals surface area contributed by atoms with Gasteiger partial charge in [0.05, 0.1) is 19.8 Å². The molecule has 1 fully saturated rings. The predicted molar refractivity (Wildman–Crippen MR) is 68.5 cm³/mol. The zero-order chi connectivity index (χ0) is 15.2. The minimum absolute atomic E-state index is 0.0362. The molecule has 1 saturated heterocycles. The summed E-state index contributed by atoms with van der Waals surface area (Å²) in [5.41, 5.74) is 0. The van der Waals surface area contributed by atoms with Crippen LogP contribution >= 0.6 is 0 Å². The van der Waals surface area contributed by atoms with E-state index < -0.39 is 26.7 Å². The number of carbonyl (C=O) groups excluding carboxylic acids is 3. The molecule has 1 aliphatic heterocycles. The molecule has 0 spiro atoms. The molecule has 0 radical (unpaired) electrons. The van der Waals surface area contributed by atoms with Crippen molar-refractivity contribution in [1.82, 2.24) is 4.90 Å². The van der Waals surface area contributed by atoms with Gasteiger partial charge in [0.2, 0.25) is 0 Å². The van der Waals surface area contributed by atoms with E-state index in [9.17, 15) is 14.4 Å². The summed E-state index contributed by atoms with van der Waals surface area (Å²) in [7, 11) is -3.63. The maximum absolute atomic E-state index is 11.8. The van der Waals surface area contributed by atoms with Crippen LogP contribution in [0.2, 0.25) is 6.55 Å². The second-order valence-corrected chi connectivity index (χ2v) is 6.75. The molecule has 0 N–H and O–H groups in total. The van der Waals surface area contributed by atoms with Crippen molar-refractivity contribution in [3.8, 4) is 0 Å². The van der Waals surface area contributed by atoms with Crippen LogP contribution in [0.1, 0.15) is 13.8 Å². The molecule has 0 saturated carbocycles. The maximum atomic E-state index is 11.8. The van der Waals surface area contributed by atoms with Crippen LogP contribution in [-0.4, -0.2) is 64.5 Å². The van der Waals surface area contributed by atoms with Crippen molar-refractivity contribution in [2.75, 3.05) is 32.8 Å². The Kier molecular flexibility index (Phi) is 6.11. The monoisotopic (exact) mass is 305 g/mol. The molecule has 0 aromatic carbocycles. The van der Waals surface area contributed by atoms with E-state index in [-0.39, 0.29) is 6.54 Å². The lowest BCUT2D eigenvalue weighted by atomic mass is 10.4. The quantitative estimate of drug-likeness (QED) is 0.631. The molecule has 0 atom stereocenters. The van der Waals surface area contributed by atoms with Crippen LogP contribution in [0.25, 0.3) is 0 Å².